The number of rotatable bonds is 1. The van der Waals surface area contributed by atoms with Crippen LogP contribution in [0.3, 0.4) is 0 Å². The Labute approximate surface area is 106 Å². The number of aromatic nitrogens is 4. The monoisotopic (exact) mass is 261 g/mol. The van der Waals surface area contributed by atoms with Crippen molar-refractivity contribution in [3.05, 3.63) is 46.0 Å². The molecule has 7 heteroatoms. The van der Waals surface area contributed by atoms with Gasteiger partial charge in [-0.1, -0.05) is 23.7 Å². The van der Waals surface area contributed by atoms with Gasteiger partial charge in [0.15, 0.2) is 11.2 Å². The third-order valence-corrected chi connectivity index (χ3v) is 2.89. The summed E-state index contributed by atoms with van der Waals surface area (Å²) in [5.74, 6) is 0.0600. The van der Waals surface area contributed by atoms with Crippen LogP contribution in [-0.2, 0) is 0 Å². The van der Waals surface area contributed by atoms with Crippen molar-refractivity contribution in [1.82, 2.24) is 19.5 Å². The van der Waals surface area contributed by atoms with Gasteiger partial charge in [-0.05, 0) is 12.1 Å². The van der Waals surface area contributed by atoms with E-state index in [4.69, 9.17) is 17.3 Å². The van der Waals surface area contributed by atoms with Gasteiger partial charge in [0.1, 0.15) is 0 Å². The summed E-state index contributed by atoms with van der Waals surface area (Å²) in [6.07, 6.45) is 1.40. The first-order chi connectivity index (χ1) is 8.68. The van der Waals surface area contributed by atoms with E-state index in [9.17, 15) is 4.79 Å². The Balaban J connectivity index is 2.43. The molecule has 0 amide bonds. The molecule has 3 aromatic rings. The van der Waals surface area contributed by atoms with Crippen LogP contribution in [0.1, 0.15) is 0 Å². The number of aromatic amines is 1. The molecule has 18 heavy (non-hydrogen) atoms. The Bertz CT molecular complexity index is 791. The van der Waals surface area contributed by atoms with E-state index in [-0.39, 0.29) is 17.0 Å². The number of para-hydroxylation sites is 1. The average molecular weight is 262 g/mol. The molecule has 2 heterocycles. The molecule has 0 atom stereocenters. The number of nitrogen functional groups attached to an aromatic ring is 1. The van der Waals surface area contributed by atoms with Gasteiger partial charge in [-0.3, -0.25) is 4.79 Å². The summed E-state index contributed by atoms with van der Waals surface area (Å²) in [4.78, 5) is 23.0. The van der Waals surface area contributed by atoms with Crippen LogP contribution >= 0.6 is 11.6 Å². The lowest BCUT2D eigenvalue weighted by atomic mass is 10.3. The maximum absolute atomic E-state index is 12.3. The number of hydrogen-bond donors (Lipinski definition) is 2. The van der Waals surface area contributed by atoms with E-state index in [2.05, 4.69) is 15.0 Å². The molecule has 0 spiro atoms. The van der Waals surface area contributed by atoms with Crippen molar-refractivity contribution >= 4 is 28.7 Å². The van der Waals surface area contributed by atoms with Crippen LogP contribution in [0.5, 0.6) is 0 Å². The largest absolute Gasteiger partial charge is 0.369 e. The van der Waals surface area contributed by atoms with Gasteiger partial charge >= 0.3 is 0 Å². The molecule has 0 aliphatic heterocycles. The third-order valence-electron chi connectivity index (χ3n) is 2.57. The highest BCUT2D eigenvalue weighted by Gasteiger charge is 2.13. The molecule has 0 aliphatic rings. The number of hydrogen-bond acceptors (Lipinski definition) is 4. The van der Waals surface area contributed by atoms with Gasteiger partial charge in [-0.25, -0.2) is 9.55 Å². The molecule has 3 rings (SSSR count). The molecule has 0 fully saturated rings. The molecular weight excluding hydrogens is 254 g/mol. The highest BCUT2D eigenvalue weighted by Crippen LogP contribution is 2.20. The van der Waals surface area contributed by atoms with Gasteiger partial charge in [0.25, 0.3) is 5.56 Å². The van der Waals surface area contributed by atoms with Crippen molar-refractivity contribution in [1.29, 1.82) is 0 Å². The first-order valence-electron chi connectivity index (χ1n) is 5.15. The number of halogens is 1. The predicted octanol–water partition coefficient (Wildman–Crippen LogP) is 1.34. The number of anilines is 1. The number of nitrogens with two attached hydrogens (primary N) is 1. The minimum absolute atomic E-state index is 0.0600. The highest BCUT2D eigenvalue weighted by molar-refractivity contribution is 6.32. The molecular formula is C11H8ClN5O. The standard InChI is InChI=1S/C11H8ClN5O/c12-6-3-1-2-4-7(6)17-10(18)8-9(15-5-14-8)16-11(17)13/h1-5H,(H2,13,16)(H,14,15). The normalized spacial score (nSPS) is 10.9. The Hall–Kier alpha value is -2.34. The summed E-state index contributed by atoms with van der Waals surface area (Å²) in [5.41, 5.74) is 6.51. The van der Waals surface area contributed by atoms with E-state index in [1.807, 2.05) is 0 Å². The molecule has 0 unspecified atom stereocenters. The predicted molar refractivity (Wildman–Crippen MR) is 68.9 cm³/mol. The van der Waals surface area contributed by atoms with Crippen molar-refractivity contribution in [3.8, 4) is 5.69 Å². The maximum atomic E-state index is 12.3. The van der Waals surface area contributed by atoms with Crippen LogP contribution in [-0.4, -0.2) is 19.5 Å². The van der Waals surface area contributed by atoms with Crippen molar-refractivity contribution in [2.24, 2.45) is 0 Å². The van der Waals surface area contributed by atoms with Crippen LogP contribution in [0.15, 0.2) is 35.4 Å². The van der Waals surface area contributed by atoms with Crippen molar-refractivity contribution in [2.75, 3.05) is 5.73 Å². The van der Waals surface area contributed by atoms with E-state index < -0.39 is 0 Å². The molecule has 0 saturated carbocycles. The summed E-state index contributed by atoms with van der Waals surface area (Å²) in [6, 6.07) is 6.91. The molecule has 1 aromatic carbocycles. The van der Waals surface area contributed by atoms with Crippen LogP contribution in [0, 0.1) is 0 Å². The van der Waals surface area contributed by atoms with E-state index in [0.29, 0.717) is 16.4 Å². The smallest absolute Gasteiger partial charge is 0.287 e. The quantitative estimate of drug-likeness (QED) is 0.692. The second-order valence-electron chi connectivity index (χ2n) is 3.66. The second kappa shape index (κ2) is 3.85. The van der Waals surface area contributed by atoms with Crippen LogP contribution in [0.25, 0.3) is 16.9 Å². The van der Waals surface area contributed by atoms with E-state index in [1.54, 1.807) is 24.3 Å². The Morgan fingerprint density at radius 3 is 2.89 bits per heavy atom. The second-order valence-corrected chi connectivity index (χ2v) is 4.07. The zero-order valence-electron chi connectivity index (χ0n) is 9.09. The SMILES string of the molecule is Nc1nc2[nH]cnc2c(=O)n1-c1ccccc1Cl. The maximum Gasteiger partial charge on any atom is 0.287 e. The minimum atomic E-state index is -0.355. The summed E-state index contributed by atoms with van der Waals surface area (Å²) >= 11 is 6.06. The molecule has 0 saturated heterocycles. The zero-order valence-corrected chi connectivity index (χ0v) is 9.85. The number of imidazole rings is 1. The number of H-pyrrole nitrogens is 1. The lowest BCUT2D eigenvalue weighted by Crippen LogP contribution is -2.23. The van der Waals surface area contributed by atoms with Gasteiger partial charge in [-0.15, -0.1) is 0 Å². The summed E-state index contributed by atoms with van der Waals surface area (Å²) in [7, 11) is 0. The Morgan fingerprint density at radius 1 is 1.33 bits per heavy atom. The topological polar surface area (TPSA) is 89.6 Å². The fraction of sp³-hybridized carbons (Fsp3) is 0. The van der Waals surface area contributed by atoms with E-state index in [0.717, 1.165) is 0 Å². The first-order valence-corrected chi connectivity index (χ1v) is 5.53. The number of nitrogens with zero attached hydrogens (tertiary/aromatic N) is 3. The van der Waals surface area contributed by atoms with Gasteiger partial charge in [0.2, 0.25) is 5.95 Å². The third kappa shape index (κ3) is 1.46. The van der Waals surface area contributed by atoms with Crippen LogP contribution in [0.2, 0.25) is 5.02 Å². The van der Waals surface area contributed by atoms with Crippen molar-refractivity contribution in [3.63, 3.8) is 0 Å². The van der Waals surface area contributed by atoms with E-state index >= 15 is 0 Å². The lowest BCUT2D eigenvalue weighted by Gasteiger charge is -2.09. The number of fused-ring (bicyclic) bond motifs is 1. The summed E-state index contributed by atoms with van der Waals surface area (Å²) in [5, 5.41) is 0.419. The van der Waals surface area contributed by atoms with Crippen molar-refractivity contribution in [2.45, 2.75) is 0 Å². The highest BCUT2D eigenvalue weighted by atomic mass is 35.5. The van der Waals surface area contributed by atoms with E-state index in [1.165, 1.54) is 10.9 Å². The minimum Gasteiger partial charge on any atom is -0.369 e. The van der Waals surface area contributed by atoms with Gasteiger partial charge < -0.3 is 10.7 Å². The lowest BCUT2D eigenvalue weighted by molar-refractivity contribution is 0.976. The first kappa shape index (κ1) is 10.8. The number of benzene rings is 1. The Morgan fingerprint density at radius 2 is 2.11 bits per heavy atom. The fourth-order valence-corrected chi connectivity index (χ4v) is 1.99. The van der Waals surface area contributed by atoms with Gasteiger partial charge in [0, 0.05) is 0 Å². The molecule has 90 valence electrons. The summed E-state index contributed by atoms with van der Waals surface area (Å²) < 4.78 is 1.24. The molecule has 0 bridgehead atoms. The zero-order chi connectivity index (χ0) is 12.7. The van der Waals surface area contributed by atoms with Crippen molar-refractivity contribution < 1.29 is 0 Å². The molecule has 2 aromatic heterocycles. The fourth-order valence-electron chi connectivity index (χ4n) is 1.77. The van der Waals surface area contributed by atoms with Crippen LogP contribution in [0.4, 0.5) is 5.95 Å². The molecule has 0 aliphatic carbocycles. The molecule has 3 N–H and O–H groups in total. The van der Waals surface area contributed by atoms with Crippen LogP contribution < -0.4 is 11.3 Å². The molecule has 0 radical (unpaired) electrons. The Kier molecular flexibility index (Phi) is 2.31. The average Bonchev–Trinajstić information content (AvgIpc) is 2.79. The van der Waals surface area contributed by atoms with Gasteiger partial charge in [0.05, 0.1) is 17.0 Å². The van der Waals surface area contributed by atoms with Gasteiger partial charge in [-0.2, -0.15) is 4.98 Å². The summed E-state index contributed by atoms with van der Waals surface area (Å²) in [6.45, 7) is 0. The molecule has 6 nitrogen and oxygen atoms in total. The number of nitrogens with one attached hydrogen (secondary N) is 1.